The fraction of sp³-hybridized carbons (Fsp3) is 0.833. The van der Waals surface area contributed by atoms with Gasteiger partial charge in [-0.2, -0.15) is 0 Å². The summed E-state index contributed by atoms with van der Waals surface area (Å²) in [4.78, 5) is 10.3. The highest BCUT2D eigenvalue weighted by molar-refractivity contribution is 5.66. The molecule has 0 unspecified atom stereocenters. The molecule has 0 bridgehead atoms. The van der Waals surface area contributed by atoms with Crippen molar-refractivity contribution in [1.82, 2.24) is 0 Å². The van der Waals surface area contributed by atoms with E-state index < -0.39 is 5.97 Å². The minimum Gasteiger partial charge on any atom is -0.481 e. The van der Waals surface area contributed by atoms with E-state index in [1.165, 1.54) is 57.8 Å². The average molecular weight is 298 g/mol. The van der Waals surface area contributed by atoms with E-state index in [0.29, 0.717) is 6.61 Å². The topological polar surface area (TPSA) is 57.5 Å². The maximum atomic E-state index is 10.3. The molecule has 0 aromatic rings. The Bertz CT molecular complexity index is 249. The molecule has 0 fully saturated rings. The number of aliphatic hydroxyl groups excluding tert-OH is 1. The summed E-state index contributed by atoms with van der Waals surface area (Å²) in [5.41, 5.74) is 0. The van der Waals surface area contributed by atoms with Crippen molar-refractivity contribution in [2.45, 2.75) is 89.9 Å². The van der Waals surface area contributed by atoms with Gasteiger partial charge < -0.3 is 10.2 Å². The van der Waals surface area contributed by atoms with E-state index in [0.717, 1.165) is 25.7 Å². The second-order valence-electron chi connectivity index (χ2n) is 5.81. The van der Waals surface area contributed by atoms with Crippen LogP contribution in [0, 0.1) is 0 Å². The number of aliphatic carboxylic acids is 1. The minimum absolute atomic E-state index is 0.282. The van der Waals surface area contributed by atoms with Crippen LogP contribution in [0.1, 0.15) is 89.9 Å². The molecular formula is C18H34O3. The third kappa shape index (κ3) is 19.2. The van der Waals surface area contributed by atoms with Crippen molar-refractivity contribution in [1.29, 1.82) is 0 Å². The Hall–Kier alpha value is -0.830. The van der Waals surface area contributed by atoms with Gasteiger partial charge in [0.2, 0.25) is 0 Å². The first-order valence-electron chi connectivity index (χ1n) is 8.75. The predicted octanol–water partition coefficient (Wildman–Crippen LogP) is 5.08. The van der Waals surface area contributed by atoms with Gasteiger partial charge in [0.25, 0.3) is 0 Å². The van der Waals surface area contributed by atoms with Crippen LogP contribution in [0.25, 0.3) is 0 Å². The molecule has 0 heterocycles. The van der Waals surface area contributed by atoms with Gasteiger partial charge in [-0.25, -0.2) is 0 Å². The molecule has 0 spiro atoms. The lowest BCUT2D eigenvalue weighted by molar-refractivity contribution is -0.137. The number of carbonyl (C=O) groups is 1. The van der Waals surface area contributed by atoms with E-state index >= 15 is 0 Å². The number of carboxylic acid groups (broad SMARTS) is 1. The van der Waals surface area contributed by atoms with Crippen molar-refractivity contribution in [3.63, 3.8) is 0 Å². The summed E-state index contributed by atoms with van der Waals surface area (Å²) >= 11 is 0. The molecule has 0 aromatic heterocycles. The third-order valence-corrected chi connectivity index (χ3v) is 3.71. The summed E-state index contributed by atoms with van der Waals surface area (Å²) in [5.74, 6) is -0.697. The highest BCUT2D eigenvalue weighted by atomic mass is 16.4. The summed E-state index contributed by atoms with van der Waals surface area (Å²) in [6.07, 6.45) is 20.1. The lowest BCUT2D eigenvalue weighted by Gasteiger charge is -2.01. The van der Waals surface area contributed by atoms with Crippen molar-refractivity contribution in [3.05, 3.63) is 12.2 Å². The van der Waals surface area contributed by atoms with Gasteiger partial charge in [0.05, 0.1) is 0 Å². The van der Waals surface area contributed by atoms with Crippen LogP contribution in [0.5, 0.6) is 0 Å². The number of hydrogen-bond donors (Lipinski definition) is 2. The van der Waals surface area contributed by atoms with Crippen LogP contribution in [0.15, 0.2) is 12.2 Å². The summed E-state index contributed by atoms with van der Waals surface area (Å²) in [7, 11) is 0. The number of rotatable bonds is 16. The largest absolute Gasteiger partial charge is 0.481 e. The average Bonchev–Trinajstić information content (AvgIpc) is 2.46. The number of aliphatic hydroxyl groups is 1. The summed E-state index contributed by atoms with van der Waals surface area (Å²) in [6, 6.07) is 0. The first kappa shape index (κ1) is 20.2. The van der Waals surface area contributed by atoms with Crippen molar-refractivity contribution in [2.24, 2.45) is 0 Å². The zero-order valence-electron chi connectivity index (χ0n) is 13.6. The molecule has 0 aliphatic carbocycles. The summed E-state index contributed by atoms with van der Waals surface area (Å²) < 4.78 is 0. The highest BCUT2D eigenvalue weighted by Gasteiger charge is 1.94. The van der Waals surface area contributed by atoms with Crippen molar-refractivity contribution < 1.29 is 15.0 Å². The fourth-order valence-corrected chi connectivity index (χ4v) is 2.40. The van der Waals surface area contributed by atoms with Crippen LogP contribution in [0.3, 0.4) is 0 Å². The van der Waals surface area contributed by atoms with Crippen LogP contribution in [0.2, 0.25) is 0 Å². The van der Waals surface area contributed by atoms with Gasteiger partial charge in [0.15, 0.2) is 0 Å². The second-order valence-corrected chi connectivity index (χ2v) is 5.81. The van der Waals surface area contributed by atoms with Crippen LogP contribution in [-0.2, 0) is 4.79 Å². The molecule has 0 amide bonds. The van der Waals surface area contributed by atoms with E-state index in [1.54, 1.807) is 0 Å². The molecule has 0 radical (unpaired) electrons. The summed E-state index contributed by atoms with van der Waals surface area (Å²) in [5, 5.41) is 17.2. The molecule has 2 N–H and O–H groups in total. The quantitative estimate of drug-likeness (QED) is 0.308. The van der Waals surface area contributed by atoms with Crippen LogP contribution >= 0.6 is 0 Å². The zero-order chi connectivity index (χ0) is 15.6. The lowest BCUT2D eigenvalue weighted by atomic mass is 10.1. The molecule has 0 atom stereocenters. The zero-order valence-corrected chi connectivity index (χ0v) is 13.6. The van der Waals surface area contributed by atoms with E-state index in [4.69, 9.17) is 10.2 Å². The van der Waals surface area contributed by atoms with E-state index in [-0.39, 0.29) is 6.42 Å². The Labute approximate surface area is 130 Å². The van der Waals surface area contributed by atoms with E-state index in [9.17, 15) is 4.79 Å². The van der Waals surface area contributed by atoms with Gasteiger partial charge in [0.1, 0.15) is 0 Å². The Morgan fingerprint density at radius 1 is 0.667 bits per heavy atom. The highest BCUT2D eigenvalue weighted by Crippen LogP contribution is 2.11. The molecule has 124 valence electrons. The molecule has 0 aliphatic rings. The predicted molar refractivity (Wildman–Crippen MR) is 88.5 cm³/mol. The Morgan fingerprint density at radius 2 is 1.10 bits per heavy atom. The number of carboxylic acids is 1. The smallest absolute Gasteiger partial charge is 0.303 e. The number of hydrogen-bond acceptors (Lipinski definition) is 2. The maximum absolute atomic E-state index is 10.3. The van der Waals surface area contributed by atoms with E-state index in [2.05, 4.69) is 12.2 Å². The maximum Gasteiger partial charge on any atom is 0.303 e. The van der Waals surface area contributed by atoms with Crippen LogP contribution < -0.4 is 0 Å². The van der Waals surface area contributed by atoms with Gasteiger partial charge in [0, 0.05) is 13.0 Å². The van der Waals surface area contributed by atoms with Gasteiger partial charge in [-0.15, -0.1) is 0 Å². The molecule has 21 heavy (non-hydrogen) atoms. The molecule has 3 nitrogen and oxygen atoms in total. The Morgan fingerprint density at radius 3 is 1.57 bits per heavy atom. The van der Waals surface area contributed by atoms with Crippen LogP contribution in [0.4, 0.5) is 0 Å². The van der Waals surface area contributed by atoms with Gasteiger partial charge >= 0.3 is 5.97 Å². The third-order valence-electron chi connectivity index (χ3n) is 3.71. The number of unbranched alkanes of at least 4 members (excludes halogenated alkanes) is 11. The van der Waals surface area contributed by atoms with Crippen molar-refractivity contribution in [3.8, 4) is 0 Å². The minimum atomic E-state index is -0.697. The summed E-state index contributed by atoms with van der Waals surface area (Å²) in [6.45, 7) is 0.341. The normalized spacial score (nSPS) is 11.3. The second kappa shape index (κ2) is 17.2. The molecule has 0 saturated carbocycles. The van der Waals surface area contributed by atoms with Crippen molar-refractivity contribution in [2.75, 3.05) is 6.61 Å². The SMILES string of the molecule is O=C(O)CCCC=CCCCCCCCCCCCCO. The molecule has 3 heteroatoms. The van der Waals surface area contributed by atoms with Gasteiger partial charge in [-0.05, 0) is 32.1 Å². The molecule has 0 saturated heterocycles. The number of allylic oxidation sites excluding steroid dienone is 2. The monoisotopic (exact) mass is 298 g/mol. The first-order valence-corrected chi connectivity index (χ1v) is 8.75. The molecule has 0 aliphatic heterocycles. The molecule has 0 aromatic carbocycles. The first-order chi connectivity index (χ1) is 10.3. The van der Waals surface area contributed by atoms with E-state index in [1.807, 2.05) is 0 Å². The standard InChI is InChI=1S/C18H34O3/c19-17-15-13-11-9-7-5-3-1-2-4-6-8-10-12-14-16-18(20)21/h8,10,19H,1-7,9,11-17H2,(H,20,21). The lowest BCUT2D eigenvalue weighted by Crippen LogP contribution is -1.92. The van der Waals surface area contributed by atoms with Gasteiger partial charge in [-0.3, -0.25) is 4.79 Å². The van der Waals surface area contributed by atoms with Gasteiger partial charge in [-0.1, -0.05) is 63.5 Å². The Balaban J connectivity index is 3.05. The van der Waals surface area contributed by atoms with Crippen LogP contribution in [-0.4, -0.2) is 22.8 Å². The molecular weight excluding hydrogens is 264 g/mol. The van der Waals surface area contributed by atoms with Crippen molar-refractivity contribution >= 4 is 5.97 Å². The fourth-order valence-electron chi connectivity index (χ4n) is 2.40. The Kier molecular flexibility index (Phi) is 16.5. The molecule has 0 rings (SSSR count).